The van der Waals surface area contributed by atoms with Crippen LogP contribution in [0.5, 0.6) is 5.75 Å². The van der Waals surface area contributed by atoms with Gasteiger partial charge in [0.25, 0.3) is 5.91 Å². The van der Waals surface area contributed by atoms with Gasteiger partial charge in [-0.25, -0.2) is 17.6 Å². The fourth-order valence-electron chi connectivity index (χ4n) is 3.21. The summed E-state index contributed by atoms with van der Waals surface area (Å²) in [6.45, 7) is 2.96. The minimum atomic E-state index is -1.63. The third kappa shape index (κ3) is 4.48. The van der Waals surface area contributed by atoms with Crippen molar-refractivity contribution in [1.82, 2.24) is 4.90 Å². The van der Waals surface area contributed by atoms with Crippen LogP contribution in [-0.2, 0) is 0 Å². The minimum absolute atomic E-state index is 0.0122. The Labute approximate surface area is 177 Å². The first-order chi connectivity index (χ1) is 14.3. The Morgan fingerprint density at radius 1 is 0.967 bits per heavy atom. The standard InChI is InChI=1S/C21H21ClF4N2O2/c1-2-3-12-30-14-6-4-13(5-7-14)21(29)28-10-8-27(9-11-28)20-18(25)16(23)15(22)17(24)19(20)26/h4-7H,2-3,8-12H2,1H3. The lowest BCUT2D eigenvalue weighted by molar-refractivity contribution is 0.0746. The van der Waals surface area contributed by atoms with E-state index in [0.29, 0.717) is 17.9 Å². The average Bonchev–Trinajstić information content (AvgIpc) is 2.77. The number of carbonyl (C=O) groups excluding carboxylic acids is 1. The topological polar surface area (TPSA) is 32.8 Å². The van der Waals surface area contributed by atoms with E-state index in [0.717, 1.165) is 12.8 Å². The molecule has 2 aromatic carbocycles. The lowest BCUT2D eigenvalue weighted by Crippen LogP contribution is -2.49. The molecule has 0 N–H and O–H groups in total. The summed E-state index contributed by atoms with van der Waals surface area (Å²) in [5.74, 6) is -5.93. The van der Waals surface area contributed by atoms with Crippen LogP contribution in [0.2, 0.25) is 5.02 Å². The highest BCUT2D eigenvalue weighted by molar-refractivity contribution is 6.31. The molecule has 0 aliphatic carbocycles. The van der Waals surface area contributed by atoms with Gasteiger partial charge in [-0.1, -0.05) is 24.9 Å². The lowest BCUT2D eigenvalue weighted by atomic mass is 10.1. The van der Waals surface area contributed by atoms with Gasteiger partial charge in [-0.05, 0) is 30.7 Å². The maximum absolute atomic E-state index is 14.2. The van der Waals surface area contributed by atoms with Crippen LogP contribution in [0, 0.1) is 23.3 Å². The third-order valence-electron chi connectivity index (χ3n) is 4.94. The number of halogens is 5. The fraction of sp³-hybridized carbons (Fsp3) is 0.381. The predicted octanol–water partition coefficient (Wildman–Crippen LogP) is 5.04. The van der Waals surface area contributed by atoms with Gasteiger partial charge in [-0.15, -0.1) is 0 Å². The summed E-state index contributed by atoms with van der Waals surface area (Å²) >= 11 is 5.27. The molecule has 1 fully saturated rings. The molecule has 1 amide bonds. The highest BCUT2D eigenvalue weighted by Crippen LogP contribution is 2.34. The van der Waals surface area contributed by atoms with Crippen LogP contribution in [0.4, 0.5) is 23.2 Å². The third-order valence-corrected chi connectivity index (χ3v) is 5.27. The molecular formula is C21H21ClF4N2O2. The first-order valence-corrected chi connectivity index (χ1v) is 10.0. The van der Waals surface area contributed by atoms with Crippen LogP contribution in [0.15, 0.2) is 24.3 Å². The molecule has 0 bridgehead atoms. The molecule has 0 spiro atoms. The SMILES string of the molecule is CCCCOc1ccc(C(=O)N2CCN(c3c(F)c(F)c(Cl)c(F)c3F)CC2)cc1. The quantitative estimate of drug-likeness (QED) is 0.271. The van der Waals surface area contributed by atoms with E-state index in [1.54, 1.807) is 24.3 Å². The number of piperazine rings is 1. The van der Waals surface area contributed by atoms with Crippen LogP contribution in [0.1, 0.15) is 30.1 Å². The number of nitrogens with zero attached hydrogens (tertiary/aromatic N) is 2. The van der Waals surface area contributed by atoms with Crippen LogP contribution < -0.4 is 9.64 Å². The Hall–Kier alpha value is -2.48. The molecule has 0 saturated carbocycles. The van der Waals surface area contributed by atoms with Gasteiger partial charge in [-0.2, -0.15) is 0 Å². The van der Waals surface area contributed by atoms with Gasteiger partial charge >= 0.3 is 0 Å². The molecule has 0 unspecified atom stereocenters. The molecule has 1 saturated heterocycles. The minimum Gasteiger partial charge on any atom is -0.494 e. The van der Waals surface area contributed by atoms with E-state index in [4.69, 9.17) is 16.3 Å². The van der Waals surface area contributed by atoms with Gasteiger partial charge in [-0.3, -0.25) is 4.79 Å². The maximum atomic E-state index is 14.2. The van der Waals surface area contributed by atoms with E-state index in [1.165, 1.54) is 9.80 Å². The summed E-state index contributed by atoms with van der Waals surface area (Å²) in [6.07, 6.45) is 1.96. The van der Waals surface area contributed by atoms with E-state index < -0.39 is 34.0 Å². The van der Waals surface area contributed by atoms with E-state index in [9.17, 15) is 22.4 Å². The molecule has 30 heavy (non-hydrogen) atoms. The van der Waals surface area contributed by atoms with Crippen molar-refractivity contribution in [2.24, 2.45) is 0 Å². The zero-order valence-corrected chi connectivity index (χ0v) is 17.1. The average molecular weight is 445 g/mol. The second-order valence-corrected chi connectivity index (χ2v) is 7.30. The van der Waals surface area contributed by atoms with Crippen molar-refractivity contribution in [2.75, 3.05) is 37.7 Å². The summed E-state index contributed by atoms with van der Waals surface area (Å²) < 4.78 is 61.3. The predicted molar refractivity (Wildman–Crippen MR) is 106 cm³/mol. The highest BCUT2D eigenvalue weighted by Gasteiger charge is 2.31. The fourth-order valence-corrected chi connectivity index (χ4v) is 3.38. The zero-order chi connectivity index (χ0) is 21.8. The number of anilines is 1. The molecular weight excluding hydrogens is 424 g/mol. The Morgan fingerprint density at radius 2 is 1.53 bits per heavy atom. The number of carbonyl (C=O) groups is 1. The van der Waals surface area contributed by atoms with Crippen molar-refractivity contribution in [2.45, 2.75) is 19.8 Å². The zero-order valence-electron chi connectivity index (χ0n) is 16.4. The number of benzene rings is 2. The number of hydrogen-bond donors (Lipinski definition) is 0. The molecule has 1 heterocycles. The molecule has 0 aromatic heterocycles. The Balaban J connectivity index is 1.65. The van der Waals surface area contributed by atoms with E-state index in [1.807, 2.05) is 0 Å². The van der Waals surface area contributed by atoms with Crippen LogP contribution in [0.25, 0.3) is 0 Å². The second-order valence-electron chi connectivity index (χ2n) is 6.92. The molecule has 1 aliphatic heterocycles. The number of amides is 1. The molecule has 0 atom stereocenters. The smallest absolute Gasteiger partial charge is 0.253 e. The number of unbranched alkanes of at least 4 members (excludes halogenated alkanes) is 1. The Bertz CT molecular complexity index is 887. The normalized spacial score (nSPS) is 14.2. The van der Waals surface area contributed by atoms with Crippen molar-refractivity contribution < 1.29 is 27.1 Å². The van der Waals surface area contributed by atoms with Gasteiger partial charge in [0, 0.05) is 31.7 Å². The van der Waals surface area contributed by atoms with Crippen LogP contribution in [0.3, 0.4) is 0 Å². The summed E-state index contributed by atoms with van der Waals surface area (Å²) in [7, 11) is 0. The number of ether oxygens (including phenoxy) is 1. The second kappa shape index (κ2) is 9.55. The molecule has 0 radical (unpaired) electrons. The van der Waals surface area contributed by atoms with Gasteiger partial charge in [0.15, 0.2) is 23.3 Å². The molecule has 9 heteroatoms. The van der Waals surface area contributed by atoms with Crippen molar-refractivity contribution in [3.05, 3.63) is 58.1 Å². The molecule has 1 aliphatic rings. The van der Waals surface area contributed by atoms with Crippen molar-refractivity contribution in [3.63, 3.8) is 0 Å². The summed E-state index contributed by atoms with van der Waals surface area (Å²) in [6, 6.07) is 6.73. The van der Waals surface area contributed by atoms with Crippen LogP contribution in [-0.4, -0.2) is 43.6 Å². The molecule has 3 rings (SSSR count). The molecule has 2 aromatic rings. The van der Waals surface area contributed by atoms with E-state index >= 15 is 0 Å². The van der Waals surface area contributed by atoms with Crippen LogP contribution >= 0.6 is 11.6 Å². The number of rotatable bonds is 6. The first-order valence-electron chi connectivity index (χ1n) is 9.63. The monoisotopic (exact) mass is 444 g/mol. The van der Waals surface area contributed by atoms with Gasteiger partial charge in [0.2, 0.25) is 0 Å². The summed E-state index contributed by atoms with van der Waals surface area (Å²) in [5, 5.41) is -1.22. The van der Waals surface area contributed by atoms with Crippen molar-refractivity contribution in [3.8, 4) is 5.75 Å². The Morgan fingerprint density at radius 3 is 2.07 bits per heavy atom. The lowest BCUT2D eigenvalue weighted by Gasteiger charge is -2.36. The van der Waals surface area contributed by atoms with E-state index in [-0.39, 0.29) is 32.1 Å². The highest BCUT2D eigenvalue weighted by atomic mass is 35.5. The molecule has 4 nitrogen and oxygen atoms in total. The number of hydrogen-bond acceptors (Lipinski definition) is 3. The molecule has 162 valence electrons. The van der Waals surface area contributed by atoms with Crippen molar-refractivity contribution >= 4 is 23.2 Å². The van der Waals surface area contributed by atoms with Crippen molar-refractivity contribution in [1.29, 1.82) is 0 Å². The van der Waals surface area contributed by atoms with Gasteiger partial charge < -0.3 is 14.5 Å². The summed E-state index contributed by atoms with van der Waals surface area (Å²) in [4.78, 5) is 15.4. The Kier molecular flexibility index (Phi) is 7.07. The van der Waals surface area contributed by atoms with E-state index in [2.05, 4.69) is 6.92 Å². The summed E-state index contributed by atoms with van der Waals surface area (Å²) in [5.41, 5.74) is -0.359. The maximum Gasteiger partial charge on any atom is 0.253 e. The largest absolute Gasteiger partial charge is 0.494 e. The first kappa shape index (κ1) is 22.2. The van der Waals surface area contributed by atoms with Gasteiger partial charge in [0.1, 0.15) is 16.5 Å². The van der Waals surface area contributed by atoms with Gasteiger partial charge in [0.05, 0.1) is 6.61 Å².